The van der Waals surface area contributed by atoms with E-state index in [9.17, 15) is 13.6 Å². The molecular weight excluding hydrogens is 422 g/mol. The maximum Gasteiger partial charge on any atom is 0.276 e. The second-order valence-corrected chi connectivity index (χ2v) is 9.67. The number of benzene rings is 2. The lowest BCUT2D eigenvalue weighted by atomic mass is 10.0. The predicted octanol–water partition coefficient (Wildman–Crippen LogP) is 6.04. The fourth-order valence-electron chi connectivity index (χ4n) is 3.41. The van der Waals surface area contributed by atoms with Crippen molar-refractivity contribution in [3.8, 4) is 0 Å². The first kappa shape index (κ1) is 25.6. The molecule has 0 bridgehead atoms. The second-order valence-electron chi connectivity index (χ2n) is 8.01. The minimum atomic E-state index is -3.84. The number of hydrazone groups is 1. The molecule has 0 amide bonds. The van der Waals surface area contributed by atoms with Gasteiger partial charge in [0.1, 0.15) is 11.4 Å². The van der Waals surface area contributed by atoms with Crippen molar-refractivity contribution in [2.75, 3.05) is 0 Å². The van der Waals surface area contributed by atoms with Crippen LogP contribution in [0.3, 0.4) is 0 Å². The third kappa shape index (κ3) is 8.46. The van der Waals surface area contributed by atoms with Crippen molar-refractivity contribution in [3.05, 3.63) is 65.7 Å². The first-order valence-electron chi connectivity index (χ1n) is 11.4. The Balaban J connectivity index is 2.08. The molecule has 0 aromatic heterocycles. The second kappa shape index (κ2) is 13.7. The Morgan fingerprint density at radius 2 is 1.47 bits per heavy atom. The molecule has 0 radical (unpaired) electrons. The number of nitrogens with one attached hydrogen (secondary N) is 1. The highest BCUT2D eigenvalue weighted by Gasteiger charge is 2.17. The zero-order chi connectivity index (χ0) is 23.2. The van der Waals surface area contributed by atoms with Gasteiger partial charge < -0.3 is 5.21 Å². The number of hydrogen-bond donors (Lipinski definition) is 2. The van der Waals surface area contributed by atoms with Crippen molar-refractivity contribution >= 4 is 21.4 Å². The number of hydrogen-bond acceptors (Lipinski definition) is 5. The van der Waals surface area contributed by atoms with Gasteiger partial charge in [-0.1, -0.05) is 105 Å². The number of unbranched alkanes of at least 4 members (excludes halogenated alkanes) is 7. The summed E-state index contributed by atoms with van der Waals surface area (Å²) < 4.78 is 25.4. The van der Waals surface area contributed by atoms with Crippen LogP contribution in [0.15, 0.2) is 69.7 Å². The first-order valence-corrected chi connectivity index (χ1v) is 12.9. The average molecular weight is 458 g/mol. The minimum Gasteiger partial charge on any atom is -0.411 e. The summed E-state index contributed by atoms with van der Waals surface area (Å²) >= 11 is 0. The summed E-state index contributed by atoms with van der Waals surface area (Å²) in [5.41, 5.74) is 2.35. The monoisotopic (exact) mass is 457 g/mol. The SMILES string of the molecule is CCCCCCCCCCC(=N\O)/C(=N\NS(=O)(=O)c1ccc(C)cc1)c1ccccc1. The Kier molecular flexibility index (Phi) is 10.9. The summed E-state index contributed by atoms with van der Waals surface area (Å²) in [6.07, 6.45) is 9.82. The van der Waals surface area contributed by atoms with Crippen molar-refractivity contribution in [2.24, 2.45) is 10.3 Å². The Bertz CT molecular complexity index is 969. The van der Waals surface area contributed by atoms with Crippen LogP contribution in [0.1, 0.15) is 75.8 Å². The molecule has 174 valence electrons. The van der Waals surface area contributed by atoms with Crippen molar-refractivity contribution in [3.63, 3.8) is 0 Å². The molecule has 0 saturated heterocycles. The van der Waals surface area contributed by atoms with Crippen molar-refractivity contribution in [2.45, 2.75) is 76.5 Å². The molecule has 2 N–H and O–H groups in total. The number of sulfonamides is 1. The van der Waals surface area contributed by atoms with Crippen LogP contribution in [0.4, 0.5) is 0 Å². The molecule has 0 heterocycles. The van der Waals surface area contributed by atoms with Gasteiger partial charge in [-0.3, -0.25) is 0 Å². The van der Waals surface area contributed by atoms with Gasteiger partial charge >= 0.3 is 0 Å². The Labute approximate surface area is 192 Å². The van der Waals surface area contributed by atoms with Crippen LogP contribution in [0.25, 0.3) is 0 Å². The molecule has 0 aliphatic carbocycles. The lowest BCUT2D eigenvalue weighted by Crippen LogP contribution is -2.24. The third-order valence-electron chi connectivity index (χ3n) is 5.32. The zero-order valence-corrected chi connectivity index (χ0v) is 19.9. The molecule has 6 nitrogen and oxygen atoms in total. The van der Waals surface area contributed by atoms with E-state index in [1.54, 1.807) is 12.1 Å². The summed E-state index contributed by atoms with van der Waals surface area (Å²) in [4.78, 5) is 2.44. The number of oxime groups is 1. The van der Waals surface area contributed by atoms with Crippen LogP contribution in [0, 0.1) is 6.92 Å². The van der Waals surface area contributed by atoms with E-state index in [1.165, 1.54) is 44.2 Å². The molecule has 0 saturated carbocycles. The van der Waals surface area contributed by atoms with E-state index < -0.39 is 10.0 Å². The molecule has 2 rings (SSSR count). The van der Waals surface area contributed by atoms with Gasteiger partial charge in [0.05, 0.1) is 4.90 Å². The van der Waals surface area contributed by atoms with Crippen LogP contribution in [0.5, 0.6) is 0 Å². The van der Waals surface area contributed by atoms with Gasteiger partial charge in [0.25, 0.3) is 10.0 Å². The van der Waals surface area contributed by atoms with Crippen LogP contribution in [-0.4, -0.2) is 25.0 Å². The van der Waals surface area contributed by atoms with E-state index in [0.717, 1.165) is 24.8 Å². The van der Waals surface area contributed by atoms with Gasteiger partial charge in [-0.15, -0.1) is 0 Å². The topological polar surface area (TPSA) is 91.1 Å². The zero-order valence-electron chi connectivity index (χ0n) is 19.1. The van der Waals surface area contributed by atoms with Crippen LogP contribution < -0.4 is 4.83 Å². The molecule has 2 aromatic rings. The predicted molar refractivity (Wildman–Crippen MR) is 131 cm³/mol. The smallest absolute Gasteiger partial charge is 0.276 e. The quantitative estimate of drug-likeness (QED) is 0.157. The molecule has 0 aliphatic rings. The molecule has 0 spiro atoms. The Hall–Kier alpha value is -2.67. The Morgan fingerprint density at radius 1 is 0.875 bits per heavy atom. The highest BCUT2D eigenvalue weighted by atomic mass is 32.2. The summed E-state index contributed by atoms with van der Waals surface area (Å²) in [6.45, 7) is 4.10. The number of aryl methyl sites for hydroxylation is 1. The van der Waals surface area contributed by atoms with Gasteiger partial charge in [-0.25, -0.2) is 0 Å². The fourth-order valence-corrected chi connectivity index (χ4v) is 4.22. The van der Waals surface area contributed by atoms with E-state index in [-0.39, 0.29) is 4.90 Å². The normalized spacial score (nSPS) is 12.7. The highest BCUT2D eigenvalue weighted by Crippen LogP contribution is 2.14. The van der Waals surface area contributed by atoms with Gasteiger partial charge in [0.2, 0.25) is 0 Å². The fraction of sp³-hybridized carbons (Fsp3) is 0.440. The number of nitrogens with zero attached hydrogens (tertiary/aromatic N) is 2. The lowest BCUT2D eigenvalue weighted by molar-refractivity contribution is 0.318. The average Bonchev–Trinajstić information content (AvgIpc) is 2.80. The third-order valence-corrected chi connectivity index (χ3v) is 6.54. The molecule has 2 aromatic carbocycles. The molecule has 0 aliphatic heterocycles. The van der Waals surface area contributed by atoms with E-state index >= 15 is 0 Å². The molecule has 32 heavy (non-hydrogen) atoms. The van der Waals surface area contributed by atoms with E-state index in [2.05, 4.69) is 22.0 Å². The summed E-state index contributed by atoms with van der Waals surface area (Å²) in [5.74, 6) is 0. The van der Waals surface area contributed by atoms with Crippen molar-refractivity contribution in [1.29, 1.82) is 0 Å². The molecule has 7 heteroatoms. The van der Waals surface area contributed by atoms with Crippen LogP contribution in [0.2, 0.25) is 0 Å². The standard InChI is InChI=1S/C25H35N3O3S/c1-3-4-5-6-7-8-9-13-16-24(27-29)25(22-14-11-10-12-15-22)26-28-32(30,31)23-19-17-21(2)18-20-23/h10-12,14-15,17-20,28-29H,3-9,13,16H2,1-2H3/b26-25-,27-24+. The van der Waals surface area contributed by atoms with Crippen molar-refractivity contribution in [1.82, 2.24) is 4.83 Å². The van der Waals surface area contributed by atoms with E-state index in [4.69, 9.17) is 0 Å². The van der Waals surface area contributed by atoms with E-state index in [0.29, 0.717) is 23.4 Å². The first-order chi connectivity index (χ1) is 15.5. The molecule has 0 unspecified atom stereocenters. The molecular formula is C25H35N3O3S. The number of rotatable bonds is 14. The molecule has 0 atom stereocenters. The maximum absolute atomic E-state index is 12.7. The summed E-state index contributed by atoms with van der Waals surface area (Å²) in [5, 5.41) is 17.3. The highest BCUT2D eigenvalue weighted by molar-refractivity contribution is 7.89. The van der Waals surface area contributed by atoms with Gasteiger partial charge in [0, 0.05) is 5.56 Å². The van der Waals surface area contributed by atoms with Gasteiger partial charge in [-0.2, -0.15) is 18.4 Å². The van der Waals surface area contributed by atoms with Gasteiger partial charge in [0.15, 0.2) is 0 Å². The summed E-state index contributed by atoms with van der Waals surface area (Å²) in [6, 6.07) is 15.7. The maximum atomic E-state index is 12.7. The largest absolute Gasteiger partial charge is 0.411 e. The minimum absolute atomic E-state index is 0.129. The van der Waals surface area contributed by atoms with Crippen LogP contribution >= 0.6 is 0 Å². The van der Waals surface area contributed by atoms with Crippen LogP contribution in [-0.2, 0) is 10.0 Å². The summed E-state index contributed by atoms with van der Waals surface area (Å²) in [7, 11) is -3.84. The molecule has 0 fully saturated rings. The van der Waals surface area contributed by atoms with E-state index in [1.807, 2.05) is 37.3 Å². The Morgan fingerprint density at radius 3 is 2.06 bits per heavy atom. The lowest BCUT2D eigenvalue weighted by Gasteiger charge is -2.11. The van der Waals surface area contributed by atoms with Gasteiger partial charge in [-0.05, 0) is 31.9 Å². The van der Waals surface area contributed by atoms with Crippen molar-refractivity contribution < 1.29 is 13.6 Å².